The zero-order valence-corrected chi connectivity index (χ0v) is 14.2. The summed E-state index contributed by atoms with van der Waals surface area (Å²) in [5.41, 5.74) is 0.502. The van der Waals surface area contributed by atoms with Crippen molar-refractivity contribution in [2.75, 3.05) is 13.7 Å². The Balaban J connectivity index is 2.26. The summed E-state index contributed by atoms with van der Waals surface area (Å²) in [6.45, 7) is 2.79. The molecule has 2 nitrogen and oxygen atoms in total. The average Bonchev–Trinajstić information content (AvgIpc) is 2.39. The molecule has 1 aliphatic rings. The fraction of sp³-hybridized carbons (Fsp3) is 0.600. The maximum Gasteiger partial charge on any atom is 0.147 e. The third-order valence-corrected chi connectivity index (χ3v) is 5.42. The summed E-state index contributed by atoms with van der Waals surface area (Å²) in [6, 6.07) is 3.51. The molecule has 0 spiro atoms. The van der Waals surface area contributed by atoms with Crippen molar-refractivity contribution in [1.82, 2.24) is 5.32 Å². The third kappa shape index (κ3) is 3.19. The molecule has 2 rings (SSSR count). The van der Waals surface area contributed by atoms with E-state index >= 15 is 0 Å². The van der Waals surface area contributed by atoms with Crippen LogP contribution >= 0.6 is 27.5 Å². The van der Waals surface area contributed by atoms with Crippen LogP contribution in [0.4, 0.5) is 4.39 Å². The van der Waals surface area contributed by atoms with Crippen LogP contribution in [0.1, 0.15) is 44.2 Å². The highest BCUT2D eigenvalue weighted by Gasteiger charge is 2.39. The molecule has 1 unspecified atom stereocenters. The summed E-state index contributed by atoms with van der Waals surface area (Å²) in [5.74, 6) is -0.349. The lowest BCUT2D eigenvalue weighted by molar-refractivity contribution is -0.0839. The van der Waals surface area contributed by atoms with Crippen LogP contribution in [0.2, 0.25) is 5.02 Å². The van der Waals surface area contributed by atoms with E-state index in [1.54, 1.807) is 19.2 Å². The minimum absolute atomic E-state index is 0.0779. The molecule has 112 valence electrons. The Kier molecular flexibility index (Phi) is 5.46. The molecule has 0 heterocycles. The molecule has 1 aliphatic carbocycles. The van der Waals surface area contributed by atoms with Crippen molar-refractivity contribution in [1.29, 1.82) is 0 Å². The maximum absolute atomic E-state index is 14.4. The van der Waals surface area contributed by atoms with Gasteiger partial charge >= 0.3 is 0 Å². The zero-order chi connectivity index (χ0) is 14.8. The molecule has 1 saturated carbocycles. The first kappa shape index (κ1) is 16.2. The summed E-state index contributed by atoms with van der Waals surface area (Å²) < 4.78 is 20.6. The molecule has 0 aromatic heterocycles. The van der Waals surface area contributed by atoms with Crippen LogP contribution in [0.5, 0.6) is 0 Å². The van der Waals surface area contributed by atoms with Gasteiger partial charge in [0.2, 0.25) is 0 Å². The molecule has 1 aromatic carbocycles. The lowest BCUT2D eigenvalue weighted by Crippen LogP contribution is -2.43. The van der Waals surface area contributed by atoms with Crippen LogP contribution < -0.4 is 5.32 Å². The number of hydrogen-bond donors (Lipinski definition) is 1. The molecule has 0 bridgehead atoms. The van der Waals surface area contributed by atoms with Crippen molar-refractivity contribution in [3.05, 3.63) is 33.0 Å². The van der Waals surface area contributed by atoms with E-state index < -0.39 is 0 Å². The second-order valence-corrected chi connectivity index (χ2v) is 6.55. The SMILES string of the molecule is CCNC(CC1(OC)CCC1)c1ccc(Br)c(Cl)c1F. The largest absolute Gasteiger partial charge is 0.378 e. The predicted molar refractivity (Wildman–Crippen MR) is 83.7 cm³/mol. The van der Waals surface area contributed by atoms with E-state index in [-0.39, 0.29) is 22.5 Å². The average molecular weight is 365 g/mol. The molecule has 1 N–H and O–H groups in total. The van der Waals surface area contributed by atoms with Gasteiger partial charge in [-0.2, -0.15) is 0 Å². The number of rotatable bonds is 6. The summed E-state index contributed by atoms with van der Waals surface area (Å²) in [4.78, 5) is 0. The van der Waals surface area contributed by atoms with Gasteiger partial charge in [-0.05, 0) is 54.2 Å². The van der Waals surface area contributed by atoms with Gasteiger partial charge in [-0.15, -0.1) is 0 Å². The highest BCUT2D eigenvalue weighted by molar-refractivity contribution is 9.10. The van der Waals surface area contributed by atoms with Gasteiger partial charge in [0.15, 0.2) is 0 Å². The van der Waals surface area contributed by atoms with E-state index in [2.05, 4.69) is 21.2 Å². The molecular formula is C15H20BrClFNO. The van der Waals surface area contributed by atoms with Crippen LogP contribution in [0, 0.1) is 5.82 Å². The number of hydrogen-bond acceptors (Lipinski definition) is 2. The Bertz CT molecular complexity index is 474. The summed E-state index contributed by atoms with van der Waals surface area (Å²) in [6.07, 6.45) is 4.02. The zero-order valence-electron chi connectivity index (χ0n) is 11.8. The Morgan fingerprint density at radius 1 is 1.50 bits per heavy atom. The topological polar surface area (TPSA) is 21.3 Å². The van der Waals surface area contributed by atoms with Crippen LogP contribution in [0.25, 0.3) is 0 Å². The second kappa shape index (κ2) is 6.73. The Labute approximate surface area is 133 Å². The number of nitrogens with one attached hydrogen (secondary N) is 1. The first-order valence-electron chi connectivity index (χ1n) is 6.95. The van der Waals surface area contributed by atoms with E-state index in [4.69, 9.17) is 16.3 Å². The number of ether oxygens (including phenoxy) is 1. The van der Waals surface area contributed by atoms with Gasteiger partial charge in [0.1, 0.15) is 5.82 Å². The molecule has 1 atom stereocenters. The van der Waals surface area contributed by atoms with Crippen LogP contribution in [0.3, 0.4) is 0 Å². The van der Waals surface area contributed by atoms with Crippen LogP contribution in [0.15, 0.2) is 16.6 Å². The number of methoxy groups -OCH3 is 1. The lowest BCUT2D eigenvalue weighted by Gasteiger charge is -2.43. The number of halogens is 3. The van der Waals surface area contributed by atoms with Crippen LogP contribution in [-0.2, 0) is 4.74 Å². The van der Waals surface area contributed by atoms with E-state index in [9.17, 15) is 4.39 Å². The molecule has 5 heteroatoms. The molecule has 20 heavy (non-hydrogen) atoms. The van der Waals surface area contributed by atoms with Gasteiger partial charge in [-0.3, -0.25) is 0 Å². The van der Waals surface area contributed by atoms with Gasteiger partial charge in [-0.1, -0.05) is 24.6 Å². The summed E-state index contributed by atoms with van der Waals surface area (Å²) in [5, 5.41) is 3.49. The van der Waals surface area contributed by atoms with Crippen molar-refractivity contribution in [2.24, 2.45) is 0 Å². The first-order valence-corrected chi connectivity index (χ1v) is 8.12. The Morgan fingerprint density at radius 2 is 2.20 bits per heavy atom. The van der Waals surface area contributed by atoms with Gasteiger partial charge in [0.05, 0.1) is 10.6 Å². The number of benzene rings is 1. The fourth-order valence-corrected chi connectivity index (χ4v) is 3.26. The highest BCUT2D eigenvalue weighted by Crippen LogP contribution is 2.43. The molecule has 0 aliphatic heterocycles. The molecule has 1 aromatic rings. The molecule has 0 saturated heterocycles. The predicted octanol–water partition coefficient (Wildman–Crippen LogP) is 4.85. The molecule has 0 amide bonds. The van der Waals surface area contributed by atoms with Crippen molar-refractivity contribution < 1.29 is 9.13 Å². The summed E-state index contributed by atoms with van der Waals surface area (Å²) >= 11 is 9.25. The van der Waals surface area contributed by atoms with E-state index in [1.807, 2.05) is 6.92 Å². The van der Waals surface area contributed by atoms with Gasteiger partial charge in [0, 0.05) is 23.2 Å². The normalized spacial score (nSPS) is 18.6. The van der Waals surface area contributed by atoms with Gasteiger partial charge < -0.3 is 10.1 Å². The third-order valence-electron chi connectivity index (χ3n) is 4.16. The maximum atomic E-state index is 14.4. The standard InChI is InChI=1S/C15H20BrClFNO/c1-3-19-12(9-15(20-2)7-4-8-15)10-5-6-11(16)13(17)14(10)18/h5-6,12,19H,3-4,7-9H2,1-2H3. The van der Waals surface area contributed by atoms with Crippen molar-refractivity contribution >= 4 is 27.5 Å². The second-order valence-electron chi connectivity index (χ2n) is 5.32. The minimum Gasteiger partial charge on any atom is -0.378 e. The van der Waals surface area contributed by atoms with Crippen molar-refractivity contribution in [3.8, 4) is 0 Å². The van der Waals surface area contributed by atoms with Gasteiger partial charge in [-0.25, -0.2) is 4.39 Å². The smallest absolute Gasteiger partial charge is 0.147 e. The molecule has 0 radical (unpaired) electrons. The molecular weight excluding hydrogens is 345 g/mol. The first-order chi connectivity index (χ1) is 9.53. The van der Waals surface area contributed by atoms with Crippen molar-refractivity contribution in [2.45, 2.75) is 44.2 Å². The monoisotopic (exact) mass is 363 g/mol. The Morgan fingerprint density at radius 3 is 2.70 bits per heavy atom. The van der Waals surface area contributed by atoms with Crippen LogP contribution in [-0.4, -0.2) is 19.3 Å². The highest BCUT2D eigenvalue weighted by atomic mass is 79.9. The fourth-order valence-electron chi connectivity index (χ4n) is 2.78. The minimum atomic E-state index is -0.349. The van der Waals surface area contributed by atoms with Gasteiger partial charge in [0.25, 0.3) is 0 Å². The van der Waals surface area contributed by atoms with Crippen molar-refractivity contribution in [3.63, 3.8) is 0 Å². The summed E-state index contributed by atoms with van der Waals surface area (Å²) in [7, 11) is 1.74. The van der Waals surface area contributed by atoms with E-state index in [0.29, 0.717) is 10.0 Å². The Hall–Kier alpha value is -0.160. The molecule has 1 fully saturated rings. The van der Waals surface area contributed by atoms with E-state index in [0.717, 1.165) is 25.8 Å². The lowest BCUT2D eigenvalue weighted by atomic mass is 9.74. The quantitative estimate of drug-likeness (QED) is 0.728. The van der Waals surface area contributed by atoms with E-state index in [1.165, 1.54) is 6.42 Å².